The van der Waals surface area contributed by atoms with E-state index in [2.05, 4.69) is 4.98 Å². The van der Waals surface area contributed by atoms with Crippen molar-refractivity contribution < 1.29 is 9.53 Å². The van der Waals surface area contributed by atoms with Gasteiger partial charge in [0, 0.05) is 25.4 Å². The molecule has 1 atom stereocenters. The number of Topliss-reactive ketones (excluding diaryl/α,β-unsaturated/α-hetero) is 1. The number of ether oxygens (including phenoxy) is 1. The quantitative estimate of drug-likeness (QED) is 0.716. The van der Waals surface area contributed by atoms with Crippen molar-refractivity contribution in [3.8, 4) is 0 Å². The Morgan fingerprint density at radius 1 is 1.40 bits per heavy atom. The van der Waals surface area contributed by atoms with Gasteiger partial charge in [0.15, 0.2) is 5.78 Å². The van der Waals surface area contributed by atoms with E-state index in [1.807, 2.05) is 26.0 Å². The highest BCUT2D eigenvalue weighted by atomic mass is 16.5. The van der Waals surface area contributed by atoms with Crippen LogP contribution in [0.5, 0.6) is 0 Å². The summed E-state index contributed by atoms with van der Waals surface area (Å²) in [5, 5.41) is 0. The van der Waals surface area contributed by atoms with Crippen LogP contribution < -0.4 is 0 Å². The molecule has 0 radical (unpaired) electrons. The molecule has 0 saturated heterocycles. The first kappa shape index (κ1) is 11.9. The highest BCUT2D eigenvalue weighted by molar-refractivity contribution is 5.85. The number of carbonyl (C=O) groups is 1. The Kier molecular flexibility index (Phi) is 4.98. The minimum absolute atomic E-state index is 0.144. The minimum atomic E-state index is -0.261. The van der Waals surface area contributed by atoms with Gasteiger partial charge < -0.3 is 4.74 Å². The van der Waals surface area contributed by atoms with Gasteiger partial charge in [-0.15, -0.1) is 0 Å². The van der Waals surface area contributed by atoms with Crippen LogP contribution in [0.2, 0.25) is 0 Å². The summed E-state index contributed by atoms with van der Waals surface area (Å²) < 4.78 is 5.36. The molecular formula is C12H17NO2. The molecule has 0 saturated carbocycles. The number of rotatable bonds is 6. The first-order valence-corrected chi connectivity index (χ1v) is 5.31. The van der Waals surface area contributed by atoms with Gasteiger partial charge in [-0.25, -0.2) is 0 Å². The van der Waals surface area contributed by atoms with Crippen molar-refractivity contribution in [3.63, 3.8) is 0 Å². The number of nitrogens with zero attached hydrogens (tertiary/aromatic N) is 1. The SMILES string of the molecule is CCOC(CC)C(=O)Cc1ccncc1. The first-order chi connectivity index (χ1) is 7.27. The van der Waals surface area contributed by atoms with Crippen LogP contribution in [0.3, 0.4) is 0 Å². The number of hydrogen-bond acceptors (Lipinski definition) is 3. The molecule has 3 heteroatoms. The lowest BCUT2D eigenvalue weighted by molar-refractivity contribution is -0.129. The lowest BCUT2D eigenvalue weighted by atomic mass is 10.1. The van der Waals surface area contributed by atoms with Crippen molar-refractivity contribution in [3.05, 3.63) is 30.1 Å². The molecule has 0 aromatic carbocycles. The van der Waals surface area contributed by atoms with E-state index in [1.54, 1.807) is 12.4 Å². The first-order valence-electron chi connectivity index (χ1n) is 5.31. The van der Waals surface area contributed by atoms with Crippen LogP contribution in [0.4, 0.5) is 0 Å². The maximum atomic E-state index is 11.8. The lowest BCUT2D eigenvalue weighted by Crippen LogP contribution is -2.25. The molecular weight excluding hydrogens is 190 g/mol. The molecule has 15 heavy (non-hydrogen) atoms. The summed E-state index contributed by atoms with van der Waals surface area (Å²) in [5.74, 6) is 0.144. The molecule has 0 fully saturated rings. The fraction of sp³-hybridized carbons (Fsp3) is 0.500. The Bertz CT molecular complexity index is 298. The van der Waals surface area contributed by atoms with E-state index in [-0.39, 0.29) is 11.9 Å². The summed E-state index contributed by atoms with van der Waals surface area (Å²) >= 11 is 0. The molecule has 82 valence electrons. The molecule has 0 bridgehead atoms. The topological polar surface area (TPSA) is 39.2 Å². The predicted octanol–water partition coefficient (Wildman–Crippen LogP) is 2.01. The molecule has 0 aliphatic carbocycles. The van der Waals surface area contributed by atoms with Gasteiger partial charge in [-0.05, 0) is 31.0 Å². The highest BCUT2D eigenvalue weighted by Gasteiger charge is 2.16. The number of aromatic nitrogens is 1. The molecule has 1 aromatic rings. The van der Waals surface area contributed by atoms with Gasteiger partial charge >= 0.3 is 0 Å². The van der Waals surface area contributed by atoms with Crippen LogP contribution in [0.25, 0.3) is 0 Å². The van der Waals surface area contributed by atoms with Crippen LogP contribution >= 0.6 is 0 Å². The number of pyridine rings is 1. The van der Waals surface area contributed by atoms with Crippen LogP contribution in [-0.4, -0.2) is 23.5 Å². The number of carbonyl (C=O) groups excluding carboxylic acids is 1. The normalized spacial score (nSPS) is 12.4. The van der Waals surface area contributed by atoms with Gasteiger partial charge in [0.1, 0.15) is 6.10 Å². The Hall–Kier alpha value is -1.22. The maximum Gasteiger partial charge on any atom is 0.165 e. The van der Waals surface area contributed by atoms with Gasteiger partial charge in [-0.3, -0.25) is 9.78 Å². The summed E-state index contributed by atoms with van der Waals surface area (Å²) in [6.45, 7) is 4.45. The van der Waals surface area contributed by atoms with E-state index < -0.39 is 0 Å². The maximum absolute atomic E-state index is 11.8. The van der Waals surface area contributed by atoms with Crippen molar-refractivity contribution in [2.75, 3.05) is 6.61 Å². The largest absolute Gasteiger partial charge is 0.371 e. The van der Waals surface area contributed by atoms with E-state index in [9.17, 15) is 4.79 Å². The average molecular weight is 207 g/mol. The molecule has 1 aromatic heterocycles. The number of ketones is 1. The van der Waals surface area contributed by atoms with Crippen LogP contribution in [0.1, 0.15) is 25.8 Å². The second kappa shape index (κ2) is 6.30. The summed E-state index contributed by atoms with van der Waals surface area (Å²) in [6, 6.07) is 3.72. The zero-order chi connectivity index (χ0) is 11.1. The minimum Gasteiger partial charge on any atom is -0.371 e. The van der Waals surface area contributed by atoms with Crippen molar-refractivity contribution in [1.82, 2.24) is 4.98 Å². The van der Waals surface area contributed by atoms with Crippen molar-refractivity contribution in [1.29, 1.82) is 0 Å². The average Bonchev–Trinajstić information content (AvgIpc) is 2.27. The predicted molar refractivity (Wildman–Crippen MR) is 58.7 cm³/mol. The van der Waals surface area contributed by atoms with Gasteiger partial charge in [0.2, 0.25) is 0 Å². The second-order valence-electron chi connectivity index (χ2n) is 3.35. The lowest BCUT2D eigenvalue weighted by Gasteiger charge is -2.13. The Labute approximate surface area is 90.5 Å². The zero-order valence-corrected chi connectivity index (χ0v) is 9.27. The highest BCUT2D eigenvalue weighted by Crippen LogP contribution is 2.06. The van der Waals surface area contributed by atoms with E-state index >= 15 is 0 Å². The molecule has 0 amide bonds. The van der Waals surface area contributed by atoms with E-state index in [1.165, 1.54) is 0 Å². The Balaban J connectivity index is 2.54. The molecule has 0 aliphatic heterocycles. The molecule has 0 aliphatic rings. The van der Waals surface area contributed by atoms with E-state index in [0.717, 1.165) is 12.0 Å². The fourth-order valence-electron chi connectivity index (χ4n) is 1.46. The van der Waals surface area contributed by atoms with E-state index in [0.29, 0.717) is 13.0 Å². The van der Waals surface area contributed by atoms with Crippen LogP contribution in [-0.2, 0) is 16.0 Å². The second-order valence-corrected chi connectivity index (χ2v) is 3.35. The zero-order valence-electron chi connectivity index (χ0n) is 9.27. The van der Waals surface area contributed by atoms with Crippen molar-refractivity contribution in [2.24, 2.45) is 0 Å². The summed E-state index contributed by atoms with van der Waals surface area (Å²) in [5.41, 5.74) is 0.994. The van der Waals surface area contributed by atoms with E-state index in [4.69, 9.17) is 4.74 Å². The third-order valence-corrected chi connectivity index (χ3v) is 2.23. The van der Waals surface area contributed by atoms with Gasteiger partial charge in [0.05, 0.1) is 0 Å². The summed E-state index contributed by atoms with van der Waals surface area (Å²) in [4.78, 5) is 15.7. The van der Waals surface area contributed by atoms with Crippen molar-refractivity contribution in [2.45, 2.75) is 32.8 Å². The van der Waals surface area contributed by atoms with Gasteiger partial charge in [-0.1, -0.05) is 6.92 Å². The third-order valence-electron chi connectivity index (χ3n) is 2.23. The third kappa shape index (κ3) is 3.80. The van der Waals surface area contributed by atoms with Crippen LogP contribution in [0.15, 0.2) is 24.5 Å². The number of hydrogen-bond donors (Lipinski definition) is 0. The van der Waals surface area contributed by atoms with Crippen LogP contribution in [0, 0.1) is 0 Å². The molecule has 0 N–H and O–H groups in total. The molecule has 1 heterocycles. The van der Waals surface area contributed by atoms with Crippen molar-refractivity contribution >= 4 is 5.78 Å². The Morgan fingerprint density at radius 2 is 2.07 bits per heavy atom. The van der Waals surface area contributed by atoms with Gasteiger partial charge in [0.25, 0.3) is 0 Å². The molecule has 0 spiro atoms. The summed E-state index contributed by atoms with van der Waals surface area (Å²) in [6.07, 6.45) is 4.30. The molecule has 3 nitrogen and oxygen atoms in total. The summed E-state index contributed by atoms with van der Waals surface area (Å²) in [7, 11) is 0. The fourth-order valence-corrected chi connectivity index (χ4v) is 1.46. The molecule has 1 unspecified atom stereocenters. The Morgan fingerprint density at radius 3 is 2.60 bits per heavy atom. The van der Waals surface area contributed by atoms with Gasteiger partial charge in [-0.2, -0.15) is 0 Å². The molecule has 1 rings (SSSR count). The monoisotopic (exact) mass is 207 g/mol. The standard InChI is InChI=1S/C12H17NO2/c1-3-12(15-4-2)11(14)9-10-5-7-13-8-6-10/h5-8,12H,3-4,9H2,1-2H3. The smallest absolute Gasteiger partial charge is 0.165 e.